The summed E-state index contributed by atoms with van der Waals surface area (Å²) in [6.07, 6.45) is 0. The average molecular weight is 898 g/mol. The lowest BCUT2D eigenvalue weighted by atomic mass is 9.82. The summed E-state index contributed by atoms with van der Waals surface area (Å²) in [5.74, 6) is 2.37. The Morgan fingerprint density at radius 2 is 0.743 bits per heavy atom. The van der Waals surface area contributed by atoms with Crippen LogP contribution in [0, 0.1) is 0 Å². The second-order valence-electron chi connectivity index (χ2n) is 18.4. The zero-order chi connectivity index (χ0) is 46.8. The van der Waals surface area contributed by atoms with E-state index in [2.05, 4.69) is 190 Å². The van der Waals surface area contributed by atoms with E-state index >= 15 is 0 Å². The molecule has 1 aliphatic carbocycles. The Bertz CT molecular complexity index is 3970. The van der Waals surface area contributed by atoms with E-state index in [0.29, 0.717) is 23.3 Å². The summed E-state index contributed by atoms with van der Waals surface area (Å²) in [6, 6.07) is 77.8. The molecule has 0 N–H and O–H groups in total. The van der Waals surface area contributed by atoms with Crippen molar-refractivity contribution in [1.82, 2.24) is 24.9 Å². The van der Waals surface area contributed by atoms with E-state index in [1.165, 1.54) is 22.3 Å². The first-order valence-corrected chi connectivity index (χ1v) is 23.6. The summed E-state index contributed by atoms with van der Waals surface area (Å²) in [5.41, 5.74) is 18.1. The smallest absolute Gasteiger partial charge is 0.167 e. The maximum absolute atomic E-state index is 6.83. The van der Waals surface area contributed by atoms with Gasteiger partial charge in [0.05, 0.1) is 17.0 Å². The fourth-order valence-corrected chi connectivity index (χ4v) is 10.2. The highest BCUT2D eigenvalue weighted by Crippen LogP contribution is 2.49. The maximum Gasteiger partial charge on any atom is 0.167 e. The van der Waals surface area contributed by atoms with E-state index in [-0.39, 0.29) is 5.41 Å². The van der Waals surface area contributed by atoms with E-state index in [4.69, 9.17) is 29.3 Å². The molecule has 6 nitrogen and oxygen atoms in total. The first kappa shape index (κ1) is 41.1. The summed E-state index contributed by atoms with van der Waals surface area (Å²) in [7, 11) is 0. The molecule has 0 unspecified atom stereocenters. The van der Waals surface area contributed by atoms with Gasteiger partial charge >= 0.3 is 0 Å². The molecular weight excluding hydrogens is 855 g/mol. The normalized spacial score (nSPS) is 12.5. The quantitative estimate of drug-likeness (QED) is 0.151. The van der Waals surface area contributed by atoms with Crippen LogP contribution in [-0.4, -0.2) is 24.9 Å². The van der Waals surface area contributed by atoms with E-state index in [0.717, 1.165) is 89.0 Å². The number of fused-ring (bicyclic) bond motifs is 6. The zero-order valence-corrected chi connectivity index (χ0v) is 38.5. The minimum Gasteiger partial charge on any atom is -0.455 e. The van der Waals surface area contributed by atoms with Crippen LogP contribution in [0.4, 0.5) is 0 Å². The molecule has 3 aromatic heterocycles. The summed E-state index contributed by atoms with van der Waals surface area (Å²) in [4.78, 5) is 26.0. The third kappa shape index (κ3) is 7.08. The summed E-state index contributed by atoms with van der Waals surface area (Å²) in [6.45, 7) is 4.61. The summed E-state index contributed by atoms with van der Waals surface area (Å²) < 4.78 is 6.83. The van der Waals surface area contributed by atoms with Gasteiger partial charge in [0.2, 0.25) is 0 Å². The largest absolute Gasteiger partial charge is 0.455 e. The molecular formula is C64H43N5O. The molecule has 0 atom stereocenters. The highest BCUT2D eigenvalue weighted by atomic mass is 16.3. The van der Waals surface area contributed by atoms with Gasteiger partial charge in [0.25, 0.3) is 0 Å². The van der Waals surface area contributed by atoms with Crippen molar-refractivity contribution in [1.29, 1.82) is 0 Å². The Balaban J connectivity index is 0.906. The van der Waals surface area contributed by atoms with Crippen molar-refractivity contribution in [3.63, 3.8) is 0 Å². The third-order valence-corrected chi connectivity index (χ3v) is 13.8. The molecule has 13 rings (SSSR count). The monoisotopic (exact) mass is 897 g/mol. The first-order chi connectivity index (χ1) is 34.4. The van der Waals surface area contributed by atoms with Gasteiger partial charge in [-0.05, 0) is 69.3 Å². The molecule has 0 amide bonds. The van der Waals surface area contributed by atoms with Gasteiger partial charge in [-0.3, -0.25) is 0 Å². The number of nitrogens with zero attached hydrogens (tertiary/aromatic N) is 5. The predicted molar refractivity (Wildman–Crippen MR) is 284 cm³/mol. The third-order valence-electron chi connectivity index (χ3n) is 13.8. The Labute approximate surface area is 405 Å². The van der Waals surface area contributed by atoms with Crippen molar-refractivity contribution in [2.24, 2.45) is 0 Å². The Morgan fingerprint density at radius 1 is 0.286 bits per heavy atom. The molecule has 0 aliphatic heterocycles. The van der Waals surface area contributed by atoms with Gasteiger partial charge in [0, 0.05) is 49.6 Å². The van der Waals surface area contributed by atoms with E-state index < -0.39 is 0 Å². The van der Waals surface area contributed by atoms with Gasteiger partial charge < -0.3 is 4.42 Å². The Kier molecular flexibility index (Phi) is 9.73. The number of furan rings is 1. The van der Waals surface area contributed by atoms with Gasteiger partial charge in [-0.1, -0.05) is 208 Å². The number of aromatic nitrogens is 5. The first-order valence-electron chi connectivity index (χ1n) is 23.6. The van der Waals surface area contributed by atoms with Crippen LogP contribution < -0.4 is 0 Å². The van der Waals surface area contributed by atoms with Gasteiger partial charge in [-0.15, -0.1) is 0 Å². The molecule has 70 heavy (non-hydrogen) atoms. The molecule has 1 aliphatic rings. The lowest BCUT2D eigenvalue weighted by Gasteiger charge is -2.21. The van der Waals surface area contributed by atoms with Crippen molar-refractivity contribution in [2.75, 3.05) is 0 Å². The van der Waals surface area contributed by atoms with Gasteiger partial charge in [0.1, 0.15) is 11.2 Å². The molecule has 9 aromatic carbocycles. The van der Waals surface area contributed by atoms with Crippen molar-refractivity contribution in [3.05, 3.63) is 236 Å². The highest BCUT2D eigenvalue weighted by molar-refractivity contribution is 6.12. The average Bonchev–Trinajstić information content (AvgIpc) is 3.93. The maximum atomic E-state index is 6.83. The van der Waals surface area contributed by atoms with Gasteiger partial charge in [0.15, 0.2) is 23.3 Å². The van der Waals surface area contributed by atoms with E-state index in [9.17, 15) is 0 Å². The van der Waals surface area contributed by atoms with Gasteiger partial charge in [-0.2, -0.15) is 0 Å². The van der Waals surface area contributed by atoms with Crippen LogP contribution in [0.5, 0.6) is 0 Å². The molecule has 0 saturated carbocycles. The number of hydrogen-bond acceptors (Lipinski definition) is 6. The molecule has 0 saturated heterocycles. The SMILES string of the molecule is CC1(C)c2ccccc2-c2ccc(-c3nc(-c4ccccc4)cc(-c4cccc(-c5cccc(-c6nc(-c7ccccc7)nc(-c7cccc8c7oc7c(-c9ccccc9)cccc78)n6)c5)c4)n3)cc21. The van der Waals surface area contributed by atoms with Crippen LogP contribution in [0.1, 0.15) is 25.0 Å². The van der Waals surface area contributed by atoms with E-state index in [1.807, 2.05) is 48.5 Å². The van der Waals surface area contributed by atoms with Crippen LogP contribution in [0.3, 0.4) is 0 Å². The van der Waals surface area contributed by atoms with Crippen LogP contribution in [0.2, 0.25) is 0 Å². The van der Waals surface area contributed by atoms with Crippen LogP contribution >= 0.6 is 0 Å². The number of benzene rings is 9. The molecule has 330 valence electrons. The highest BCUT2D eigenvalue weighted by Gasteiger charge is 2.35. The fourth-order valence-electron chi connectivity index (χ4n) is 10.2. The summed E-state index contributed by atoms with van der Waals surface area (Å²) >= 11 is 0. The minimum atomic E-state index is -0.146. The number of para-hydroxylation sites is 2. The van der Waals surface area contributed by atoms with Crippen LogP contribution in [0.25, 0.3) is 123 Å². The molecule has 0 fully saturated rings. The number of rotatable bonds is 8. The lowest BCUT2D eigenvalue weighted by Crippen LogP contribution is -2.15. The molecule has 0 radical (unpaired) electrons. The van der Waals surface area contributed by atoms with Crippen molar-refractivity contribution in [3.8, 4) is 101 Å². The fraction of sp³-hybridized carbons (Fsp3) is 0.0469. The number of hydrogen-bond donors (Lipinski definition) is 0. The second-order valence-corrected chi connectivity index (χ2v) is 18.4. The van der Waals surface area contributed by atoms with Gasteiger partial charge in [-0.25, -0.2) is 24.9 Å². The van der Waals surface area contributed by atoms with Crippen LogP contribution in [0.15, 0.2) is 229 Å². The topological polar surface area (TPSA) is 77.6 Å². The standard InChI is InChI=1S/C64H43N5O/c1-64(2)54-33-13-12-28-49(54)50-35-34-47(38-55(50)64)61-65-56(41-20-8-4-9-21-41)39-57(66-61)45-26-14-24-43(36-45)44-25-15-27-46(37-44)62-67-60(42-22-10-5-11-23-42)68-63(69-62)53-32-17-31-52-51-30-16-29-48(58(51)70-59(52)53)40-18-6-3-7-19-40/h3-39H,1-2H3. The van der Waals surface area contributed by atoms with Crippen molar-refractivity contribution >= 4 is 21.9 Å². The molecule has 0 bridgehead atoms. The molecule has 0 spiro atoms. The Hall–Kier alpha value is -9.13. The minimum absolute atomic E-state index is 0.146. The zero-order valence-electron chi connectivity index (χ0n) is 38.5. The second kappa shape index (κ2) is 16.6. The lowest BCUT2D eigenvalue weighted by molar-refractivity contribution is 0.660. The predicted octanol–water partition coefficient (Wildman–Crippen LogP) is 16.2. The molecule has 12 aromatic rings. The molecule has 6 heteroatoms. The summed E-state index contributed by atoms with van der Waals surface area (Å²) in [5, 5.41) is 2.04. The van der Waals surface area contributed by atoms with Crippen LogP contribution in [-0.2, 0) is 5.41 Å². The van der Waals surface area contributed by atoms with E-state index in [1.54, 1.807) is 0 Å². The molecule has 3 heterocycles. The Morgan fingerprint density at radius 3 is 1.46 bits per heavy atom. The van der Waals surface area contributed by atoms with Crippen molar-refractivity contribution < 1.29 is 4.42 Å². The van der Waals surface area contributed by atoms with Crippen molar-refractivity contribution in [2.45, 2.75) is 19.3 Å².